The molecule has 0 saturated carbocycles. The van der Waals surface area contributed by atoms with E-state index >= 15 is 0 Å². The first kappa shape index (κ1) is 14.4. The molecule has 0 radical (unpaired) electrons. The first-order valence-electron chi connectivity index (χ1n) is 6.79. The zero-order valence-corrected chi connectivity index (χ0v) is 12.5. The number of nitrogens with zero attached hydrogens (tertiary/aromatic N) is 1. The van der Waals surface area contributed by atoms with Crippen LogP contribution < -0.4 is 5.32 Å². The van der Waals surface area contributed by atoms with E-state index in [0.717, 1.165) is 25.1 Å². The Balaban J connectivity index is 1.90. The van der Waals surface area contributed by atoms with Crippen molar-refractivity contribution in [3.8, 4) is 0 Å². The second kappa shape index (κ2) is 6.96. The molecule has 4 heteroatoms. The summed E-state index contributed by atoms with van der Waals surface area (Å²) in [5.41, 5.74) is 1.12. The van der Waals surface area contributed by atoms with Gasteiger partial charge in [0.25, 0.3) is 0 Å². The van der Waals surface area contributed by atoms with Gasteiger partial charge in [-0.25, -0.2) is 0 Å². The molecule has 1 heterocycles. The molecule has 0 bridgehead atoms. The van der Waals surface area contributed by atoms with Crippen molar-refractivity contribution in [1.29, 1.82) is 0 Å². The van der Waals surface area contributed by atoms with Crippen molar-refractivity contribution in [1.82, 2.24) is 10.2 Å². The Labute approximate surface area is 119 Å². The number of thioether (sulfide) groups is 1. The summed E-state index contributed by atoms with van der Waals surface area (Å²) in [5, 5.41) is 3.16. The van der Waals surface area contributed by atoms with E-state index in [2.05, 4.69) is 23.3 Å². The fourth-order valence-corrected chi connectivity index (χ4v) is 3.20. The van der Waals surface area contributed by atoms with Gasteiger partial charge in [0.05, 0.1) is 6.42 Å². The molecular weight excluding hydrogens is 256 g/mol. The minimum Gasteiger partial charge on any atom is -0.352 e. The van der Waals surface area contributed by atoms with Crippen molar-refractivity contribution in [2.24, 2.45) is 0 Å². The molecule has 0 spiro atoms. The van der Waals surface area contributed by atoms with Crippen LogP contribution in [0, 0.1) is 0 Å². The van der Waals surface area contributed by atoms with Crippen LogP contribution in [0.4, 0.5) is 0 Å². The van der Waals surface area contributed by atoms with Gasteiger partial charge in [-0.05, 0) is 44.3 Å². The molecule has 1 N–H and O–H groups in total. The van der Waals surface area contributed by atoms with Crippen LogP contribution in [0.1, 0.15) is 18.4 Å². The van der Waals surface area contributed by atoms with Crippen molar-refractivity contribution in [3.63, 3.8) is 0 Å². The highest BCUT2D eigenvalue weighted by atomic mass is 32.2. The van der Waals surface area contributed by atoms with Crippen LogP contribution in [-0.4, -0.2) is 43.2 Å². The first-order chi connectivity index (χ1) is 9.19. The molecule has 1 aromatic rings. The average molecular weight is 278 g/mol. The fourth-order valence-electron chi connectivity index (χ4n) is 2.58. The molecule has 1 saturated heterocycles. The van der Waals surface area contributed by atoms with Gasteiger partial charge in [-0.2, -0.15) is 0 Å². The summed E-state index contributed by atoms with van der Waals surface area (Å²) in [5.74, 6) is 0.141. The topological polar surface area (TPSA) is 32.3 Å². The van der Waals surface area contributed by atoms with E-state index in [1.807, 2.05) is 24.5 Å². The van der Waals surface area contributed by atoms with Crippen molar-refractivity contribution < 1.29 is 4.79 Å². The fraction of sp³-hybridized carbons (Fsp3) is 0.533. The van der Waals surface area contributed by atoms with Gasteiger partial charge in [-0.15, -0.1) is 11.8 Å². The summed E-state index contributed by atoms with van der Waals surface area (Å²) in [6.07, 6.45) is 4.80. The number of piperidine rings is 1. The lowest BCUT2D eigenvalue weighted by Crippen LogP contribution is -2.46. The average Bonchev–Trinajstić information content (AvgIpc) is 2.39. The Morgan fingerprint density at radius 2 is 2.26 bits per heavy atom. The molecule has 0 aromatic heterocycles. The molecule has 1 fully saturated rings. The minimum absolute atomic E-state index is 0.141. The summed E-state index contributed by atoms with van der Waals surface area (Å²) >= 11 is 1.70. The molecule has 1 unspecified atom stereocenters. The predicted octanol–water partition coefficient (Wildman–Crippen LogP) is 2.16. The number of likely N-dealkylation sites (tertiary alicyclic amines) is 1. The van der Waals surface area contributed by atoms with E-state index in [-0.39, 0.29) is 5.91 Å². The Hall–Kier alpha value is -1.00. The highest BCUT2D eigenvalue weighted by Crippen LogP contribution is 2.20. The zero-order valence-electron chi connectivity index (χ0n) is 11.7. The van der Waals surface area contributed by atoms with E-state index in [0.29, 0.717) is 12.5 Å². The van der Waals surface area contributed by atoms with Crippen LogP contribution in [0.15, 0.2) is 29.2 Å². The van der Waals surface area contributed by atoms with Crippen molar-refractivity contribution >= 4 is 17.7 Å². The van der Waals surface area contributed by atoms with Crippen LogP contribution in [-0.2, 0) is 11.2 Å². The number of hydrogen-bond acceptors (Lipinski definition) is 3. The summed E-state index contributed by atoms with van der Waals surface area (Å²) in [6.45, 7) is 2.11. The lowest BCUT2D eigenvalue weighted by Gasteiger charge is -2.30. The van der Waals surface area contributed by atoms with Gasteiger partial charge in [-0.3, -0.25) is 4.79 Å². The third-order valence-corrected chi connectivity index (χ3v) is 4.37. The SMILES string of the molecule is CSc1ccccc1CC(=O)NC1CCCN(C)C1. The van der Waals surface area contributed by atoms with Crippen LogP contribution in [0.25, 0.3) is 0 Å². The monoisotopic (exact) mass is 278 g/mol. The van der Waals surface area contributed by atoms with E-state index in [1.165, 1.54) is 11.3 Å². The summed E-state index contributed by atoms with van der Waals surface area (Å²) in [4.78, 5) is 15.6. The van der Waals surface area contributed by atoms with Gasteiger partial charge in [0.15, 0.2) is 0 Å². The maximum Gasteiger partial charge on any atom is 0.224 e. The Morgan fingerprint density at radius 1 is 1.47 bits per heavy atom. The number of carbonyl (C=O) groups excluding carboxylic acids is 1. The molecule has 2 rings (SSSR count). The molecule has 3 nitrogen and oxygen atoms in total. The molecule has 104 valence electrons. The van der Waals surface area contributed by atoms with E-state index in [4.69, 9.17) is 0 Å². The smallest absolute Gasteiger partial charge is 0.224 e. The number of rotatable bonds is 4. The largest absolute Gasteiger partial charge is 0.352 e. The van der Waals surface area contributed by atoms with Crippen LogP contribution in [0.3, 0.4) is 0 Å². The Morgan fingerprint density at radius 3 is 3.00 bits per heavy atom. The first-order valence-corrected chi connectivity index (χ1v) is 8.01. The second-order valence-corrected chi connectivity index (χ2v) is 6.01. The molecule has 19 heavy (non-hydrogen) atoms. The van der Waals surface area contributed by atoms with E-state index in [1.54, 1.807) is 11.8 Å². The highest BCUT2D eigenvalue weighted by molar-refractivity contribution is 7.98. The molecule has 1 aliphatic rings. The molecule has 1 atom stereocenters. The zero-order chi connectivity index (χ0) is 13.7. The Kier molecular flexibility index (Phi) is 5.28. The minimum atomic E-state index is 0.141. The molecule has 1 amide bonds. The number of amides is 1. The number of benzene rings is 1. The van der Waals surface area contributed by atoms with Gasteiger partial charge in [0.1, 0.15) is 0 Å². The lowest BCUT2D eigenvalue weighted by atomic mass is 10.1. The molecule has 1 aromatic carbocycles. The number of carbonyl (C=O) groups is 1. The maximum absolute atomic E-state index is 12.1. The van der Waals surface area contributed by atoms with E-state index in [9.17, 15) is 4.79 Å². The third-order valence-electron chi connectivity index (χ3n) is 3.53. The standard InChI is InChI=1S/C15H22N2OS/c1-17-9-5-7-13(11-17)16-15(18)10-12-6-3-4-8-14(12)19-2/h3-4,6,8,13H,5,7,9-11H2,1-2H3,(H,16,18). The van der Waals surface area contributed by atoms with Crippen molar-refractivity contribution in [3.05, 3.63) is 29.8 Å². The maximum atomic E-state index is 12.1. The Bertz CT molecular complexity index is 436. The number of nitrogens with one attached hydrogen (secondary N) is 1. The quantitative estimate of drug-likeness (QED) is 0.857. The van der Waals surface area contributed by atoms with Crippen LogP contribution in [0.2, 0.25) is 0 Å². The molecular formula is C15H22N2OS. The summed E-state index contributed by atoms with van der Waals surface area (Å²) < 4.78 is 0. The van der Waals surface area contributed by atoms with Gasteiger partial charge in [0.2, 0.25) is 5.91 Å². The van der Waals surface area contributed by atoms with E-state index < -0.39 is 0 Å². The van der Waals surface area contributed by atoms with Crippen molar-refractivity contribution in [2.75, 3.05) is 26.4 Å². The van der Waals surface area contributed by atoms with Gasteiger partial charge < -0.3 is 10.2 Å². The number of likely N-dealkylation sites (N-methyl/N-ethyl adjacent to an activating group) is 1. The predicted molar refractivity (Wildman–Crippen MR) is 80.6 cm³/mol. The van der Waals surface area contributed by atoms with Crippen LogP contribution in [0.5, 0.6) is 0 Å². The number of hydrogen-bond donors (Lipinski definition) is 1. The third kappa shape index (κ3) is 4.25. The van der Waals surface area contributed by atoms with Gasteiger partial charge in [0, 0.05) is 17.5 Å². The summed E-state index contributed by atoms with van der Waals surface area (Å²) in [6, 6.07) is 8.44. The summed E-state index contributed by atoms with van der Waals surface area (Å²) in [7, 11) is 2.11. The molecule has 1 aliphatic heterocycles. The van der Waals surface area contributed by atoms with Gasteiger partial charge >= 0.3 is 0 Å². The van der Waals surface area contributed by atoms with Crippen LogP contribution >= 0.6 is 11.8 Å². The lowest BCUT2D eigenvalue weighted by molar-refractivity contribution is -0.121. The highest BCUT2D eigenvalue weighted by Gasteiger charge is 2.19. The van der Waals surface area contributed by atoms with Gasteiger partial charge in [-0.1, -0.05) is 18.2 Å². The second-order valence-electron chi connectivity index (χ2n) is 5.16. The normalized spacial score (nSPS) is 20.2. The van der Waals surface area contributed by atoms with Crippen molar-refractivity contribution in [2.45, 2.75) is 30.2 Å². The molecule has 0 aliphatic carbocycles.